The number of carbonyl (C=O) groups is 2. The molecule has 7 aliphatic rings. The van der Waals surface area contributed by atoms with Crippen LogP contribution in [0.25, 0.3) is 0 Å². The van der Waals surface area contributed by atoms with E-state index in [1.54, 1.807) is 4.90 Å². The van der Waals surface area contributed by atoms with Crippen LogP contribution >= 0.6 is 0 Å². The van der Waals surface area contributed by atoms with Gasteiger partial charge in [-0.3, -0.25) is 9.59 Å². The van der Waals surface area contributed by atoms with Crippen molar-refractivity contribution in [1.82, 2.24) is 4.90 Å². The van der Waals surface area contributed by atoms with Crippen molar-refractivity contribution in [1.29, 1.82) is 0 Å². The average molecular weight is 419 g/mol. The summed E-state index contributed by atoms with van der Waals surface area (Å²) in [6.07, 6.45) is 11.7. The number of nitrogens with two attached hydrogens (primary N) is 1. The molecule has 0 aromatic rings. The van der Waals surface area contributed by atoms with Gasteiger partial charge in [0.1, 0.15) is 6.04 Å². The number of carbonyl (C=O) groups excluding carboxylic acids is 2. The number of amides is 2. The third-order valence-electron chi connectivity index (χ3n) is 9.18. The van der Waals surface area contributed by atoms with E-state index in [2.05, 4.69) is 0 Å². The van der Waals surface area contributed by atoms with Gasteiger partial charge >= 0.3 is 0 Å². The lowest BCUT2D eigenvalue weighted by Gasteiger charge is -2.57. The second-order valence-electron chi connectivity index (χ2n) is 11.0. The molecule has 7 nitrogen and oxygen atoms in total. The predicted molar refractivity (Wildman–Crippen MR) is 106 cm³/mol. The molecule has 0 unspecified atom stereocenters. The Morgan fingerprint density at radius 1 is 0.933 bits per heavy atom. The molecule has 0 aromatic heterocycles. The van der Waals surface area contributed by atoms with Crippen LogP contribution in [0.15, 0.2) is 0 Å². The van der Waals surface area contributed by atoms with Crippen molar-refractivity contribution in [3.63, 3.8) is 0 Å². The van der Waals surface area contributed by atoms with E-state index < -0.39 is 17.6 Å². The molecular formula is C23H34N2O5. The number of hydrogen-bond donors (Lipinski definition) is 1. The highest BCUT2D eigenvalue weighted by Gasteiger charge is 2.66. The van der Waals surface area contributed by atoms with Crippen molar-refractivity contribution in [3.05, 3.63) is 0 Å². The van der Waals surface area contributed by atoms with Crippen LogP contribution in [0.4, 0.5) is 0 Å². The second-order valence-corrected chi connectivity index (χ2v) is 11.0. The second kappa shape index (κ2) is 6.91. The SMILES string of the molecule is NC(=O)[C@@H]1CCCN1C(=O)CC1CCC2(CC1)OOC1(O2)C2CC3CC(C2)CC1C3. The van der Waals surface area contributed by atoms with Crippen LogP contribution in [0.2, 0.25) is 0 Å². The first-order valence-corrected chi connectivity index (χ1v) is 12.1. The molecule has 4 bridgehead atoms. The average Bonchev–Trinajstić information content (AvgIpc) is 3.35. The van der Waals surface area contributed by atoms with Gasteiger partial charge in [0.05, 0.1) is 0 Å². The number of ether oxygens (including phenoxy) is 1. The van der Waals surface area contributed by atoms with Gasteiger partial charge in [-0.1, -0.05) is 0 Å². The van der Waals surface area contributed by atoms with E-state index in [0.717, 1.165) is 43.9 Å². The summed E-state index contributed by atoms with van der Waals surface area (Å²) in [5, 5.41) is 0. The summed E-state index contributed by atoms with van der Waals surface area (Å²) in [5.74, 6) is 1.53. The smallest absolute Gasteiger partial charge is 0.240 e. The summed E-state index contributed by atoms with van der Waals surface area (Å²) in [7, 11) is 0. The maximum absolute atomic E-state index is 12.8. The minimum atomic E-state index is -0.627. The Bertz CT molecular complexity index is 703. The van der Waals surface area contributed by atoms with E-state index in [1.165, 1.54) is 32.1 Å². The Morgan fingerprint density at radius 3 is 2.23 bits per heavy atom. The number of nitrogens with zero attached hydrogens (tertiary/aromatic N) is 1. The molecule has 2 amide bonds. The van der Waals surface area contributed by atoms with E-state index in [1.807, 2.05) is 0 Å². The van der Waals surface area contributed by atoms with Crippen molar-refractivity contribution in [2.24, 2.45) is 35.3 Å². The van der Waals surface area contributed by atoms with Crippen LogP contribution in [-0.4, -0.2) is 40.9 Å². The van der Waals surface area contributed by atoms with Crippen molar-refractivity contribution in [3.8, 4) is 0 Å². The molecule has 7 rings (SSSR count). The Labute approximate surface area is 177 Å². The molecule has 2 heterocycles. The van der Waals surface area contributed by atoms with Gasteiger partial charge < -0.3 is 15.4 Å². The molecule has 2 spiro atoms. The van der Waals surface area contributed by atoms with Crippen LogP contribution in [0.1, 0.15) is 77.0 Å². The molecule has 7 heteroatoms. The molecule has 0 aromatic carbocycles. The summed E-state index contributed by atoms with van der Waals surface area (Å²) in [6.45, 7) is 0.649. The van der Waals surface area contributed by atoms with Crippen LogP contribution < -0.4 is 5.73 Å². The van der Waals surface area contributed by atoms with Gasteiger partial charge in [0.15, 0.2) is 0 Å². The molecule has 2 aliphatic heterocycles. The van der Waals surface area contributed by atoms with Crippen LogP contribution in [-0.2, 0) is 24.1 Å². The summed E-state index contributed by atoms with van der Waals surface area (Å²) in [4.78, 5) is 38.2. The van der Waals surface area contributed by atoms with Gasteiger partial charge in [-0.05, 0) is 75.5 Å². The maximum atomic E-state index is 12.8. The molecule has 0 radical (unpaired) electrons. The first-order chi connectivity index (χ1) is 14.5. The van der Waals surface area contributed by atoms with Crippen molar-refractivity contribution in [2.45, 2.75) is 94.7 Å². The Balaban J connectivity index is 1.07. The quantitative estimate of drug-likeness (QED) is 0.712. The maximum Gasteiger partial charge on any atom is 0.240 e. The zero-order chi connectivity index (χ0) is 20.5. The molecule has 1 atom stereocenters. The largest absolute Gasteiger partial charge is 0.368 e. The molecule has 5 aliphatic carbocycles. The number of rotatable bonds is 3. The van der Waals surface area contributed by atoms with E-state index in [9.17, 15) is 9.59 Å². The lowest BCUT2D eigenvalue weighted by atomic mass is 9.53. The van der Waals surface area contributed by atoms with E-state index in [0.29, 0.717) is 37.1 Å². The lowest BCUT2D eigenvalue weighted by Crippen LogP contribution is -2.59. The molecule has 2 saturated heterocycles. The van der Waals surface area contributed by atoms with Crippen molar-refractivity contribution < 1.29 is 24.1 Å². The first-order valence-electron chi connectivity index (χ1n) is 12.1. The summed E-state index contributed by atoms with van der Waals surface area (Å²) >= 11 is 0. The van der Waals surface area contributed by atoms with Gasteiger partial charge in [0, 0.05) is 37.6 Å². The minimum Gasteiger partial charge on any atom is -0.368 e. The third-order valence-corrected chi connectivity index (χ3v) is 9.18. The fraction of sp³-hybridized carbons (Fsp3) is 0.913. The highest BCUT2D eigenvalue weighted by molar-refractivity contribution is 5.87. The Kier molecular flexibility index (Phi) is 4.49. The van der Waals surface area contributed by atoms with Crippen LogP contribution in [0, 0.1) is 29.6 Å². The van der Waals surface area contributed by atoms with Gasteiger partial charge in [-0.15, -0.1) is 0 Å². The highest BCUT2D eigenvalue weighted by atomic mass is 17.3. The molecule has 5 saturated carbocycles. The Hall–Kier alpha value is -1.18. The van der Waals surface area contributed by atoms with E-state index >= 15 is 0 Å². The molecule has 2 N–H and O–H groups in total. The molecule has 7 fully saturated rings. The fourth-order valence-electron chi connectivity index (χ4n) is 7.84. The zero-order valence-electron chi connectivity index (χ0n) is 17.7. The Morgan fingerprint density at radius 2 is 1.60 bits per heavy atom. The highest BCUT2D eigenvalue weighted by Crippen LogP contribution is 2.63. The first kappa shape index (κ1) is 19.5. The summed E-state index contributed by atoms with van der Waals surface area (Å²) in [5.41, 5.74) is 5.48. The van der Waals surface area contributed by atoms with Crippen molar-refractivity contribution >= 4 is 11.8 Å². The predicted octanol–water partition coefficient (Wildman–Crippen LogP) is 2.87. The van der Waals surface area contributed by atoms with Crippen LogP contribution in [0.5, 0.6) is 0 Å². The molecular weight excluding hydrogens is 384 g/mol. The standard InChI is InChI=1S/C23H34N2O5/c24-21(27)19-2-1-7-25(19)20(26)13-14-3-5-22(6-4-14)28-23(30-29-22)17-9-15-8-16(11-17)12-18(23)10-15/h14-19H,1-13H2,(H2,24,27)/t14?,15?,16?,17?,18?,19-,22?,23?/m0/s1. The zero-order valence-corrected chi connectivity index (χ0v) is 17.7. The van der Waals surface area contributed by atoms with Crippen LogP contribution in [0.3, 0.4) is 0 Å². The number of likely N-dealkylation sites (tertiary alicyclic amines) is 1. The fourth-order valence-corrected chi connectivity index (χ4v) is 7.84. The van der Waals surface area contributed by atoms with E-state index in [-0.39, 0.29) is 11.8 Å². The number of hydrogen-bond acceptors (Lipinski definition) is 5. The molecule has 166 valence electrons. The van der Waals surface area contributed by atoms with Gasteiger partial charge in [-0.25, -0.2) is 0 Å². The lowest BCUT2D eigenvalue weighted by molar-refractivity contribution is -0.390. The monoisotopic (exact) mass is 418 g/mol. The minimum absolute atomic E-state index is 0.0688. The third kappa shape index (κ3) is 2.95. The number of primary amides is 1. The van der Waals surface area contributed by atoms with Gasteiger partial charge in [0.2, 0.25) is 23.4 Å². The van der Waals surface area contributed by atoms with Crippen molar-refractivity contribution in [2.75, 3.05) is 6.54 Å². The molecule has 30 heavy (non-hydrogen) atoms. The topological polar surface area (TPSA) is 91.1 Å². The summed E-state index contributed by atoms with van der Waals surface area (Å²) in [6, 6.07) is -0.417. The van der Waals surface area contributed by atoms with Gasteiger partial charge in [0.25, 0.3) is 0 Å². The summed E-state index contributed by atoms with van der Waals surface area (Å²) < 4.78 is 6.75. The van der Waals surface area contributed by atoms with E-state index in [4.69, 9.17) is 20.2 Å². The van der Waals surface area contributed by atoms with Gasteiger partial charge in [-0.2, -0.15) is 9.78 Å². The normalized spacial score (nSPS) is 49.4.